The normalized spacial score (nSPS) is 14.7. The fourth-order valence-corrected chi connectivity index (χ4v) is 4.04. The second-order valence-corrected chi connectivity index (χ2v) is 8.93. The van der Waals surface area contributed by atoms with Crippen LogP contribution in [0.1, 0.15) is 45.1 Å². The van der Waals surface area contributed by atoms with E-state index < -0.39 is 18.0 Å². The quantitative estimate of drug-likeness (QED) is 0.327. The first-order valence-corrected chi connectivity index (χ1v) is 11.2. The molecule has 0 saturated heterocycles. The predicted octanol–water partition coefficient (Wildman–Crippen LogP) is 3.33. The largest absolute Gasteiger partial charge is 0.495 e. The molecule has 0 aromatic heterocycles. The van der Waals surface area contributed by atoms with Gasteiger partial charge in [0.1, 0.15) is 18.3 Å². The van der Waals surface area contributed by atoms with Crippen LogP contribution in [0.4, 0.5) is 10.5 Å². The number of hydrogen-bond acceptors (Lipinski definition) is 5. The van der Waals surface area contributed by atoms with Crippen molar-refractivity contribution in [2.45, 2.75) is 52.5 Å². The van der Waals surface area contributed by atoms with Crippen molar-refractivity contribution in [1.82, 2.24) is 15.7 Å². The van der Waals surface area contributed by atoms with Gasteiger partial charge in [-0.2, -0.15) is 0 Å². The molecule has 1 aliphatic rings. The minimum atomic E-state index is -0.859. The molecule has 2 rings (SSSR count). The molecule has 1 atom stereocenters. The minimum absolute atomic E-state index is 0.231. The highest BCUT2D eigenvalue weighted by Crippen LogP contribution is 2.31. The molecule has 10 heteroatoms. The van der Waals surface area contributed by atoms with Crippen LogP contribution in [0.2, 0.25) is 5.02 Å². The van der Waals surface area contributed by atoms with Crippen molar-refractivity contribution in [1.29, 1.82) is 0 Å². The van der Waals surface area contributed by atoms with Gasteiger partial charge in [-0.15, -0.1) is 0 Å². The zero-order chi connectivity index (χ0) is 23.8. The number of aryl methyl sites for hydroxylation is 1. The summed E-state index contributed by atoms with van der Waals surface area (Å²) < 4.78 is 5.28. The van der Waals surface area contributed by atoms with Crippen molar-refractivity contribution < 1.29 is 24.3 Å². The highest BCUT2D eigenvalue weighted by Gasteiger charge is 2.32. The zero-order valence-corrected chi connectivity index (χ0v) is 19.8. The molecule has 1 aromatic carbocycles. The summed E-state index contributed by atoms with van der Waals surface area (Å²) in [5.74, 6) is -0.584. The summed E-state index contributed by atoms with van der Waals surface area (Å²) in [4.78, 5) is 39.3. The van der Waals surface area contributed by atoms with Gasteiger partial charge >= 0.3 is 6.03 Å². The van der Waals surface area contributed by atoms with Gasteiger partial charge in [0.2, 0.25) is 5.91 Å². The van der Waals surface area contributed by atoms with E-state index >= 15 is 0 Å². The Hall–Kier alpha value is -2.52. The van der Waals surface area contributed by atoms with Gasteiger partial charge in [-0.1, -0.05) is 38.3 Å². The number of anilines is 1. The number of nitrogens with zero attached hydrogens (tertiary/aromatic N) is 1. The van der Waals surface area contributed by atoms with Crippen LogP contribution in [-0.2, 0) is 9.59 Å². The number of carbonyl (C=O) groups is 3. The van der Waals surface area contributed by atoms with Crippen LogP contribution >= 0.6 is 11.6 Å². The summed E-state index contributed by atoms with van der Waals surface area (Å²) in [5.41, 5.74) is 2.76. The van der Waals surface area contributed by atoms with Gasteiger partial charge in [0.25, 0.3) is 5.91 Å². The van der Waals surface area contributed by atoms with Crippen LogP contribution in [0.15, 0.2) is 12.1 Å². The van der Waals surface area contributed by atoms with E-state index in [0.717, 1.165) is 31.2 Å². The van der Waals surface area contributed by atoms with Crippen LogP contribution in [0, 0.1) is 18.8 Å². The molecule has 0 heterocycles. The number of benzene rings is 1. The Kier molecular flexibility index (Phi) is 9.59. The molecule has 1 aliphatic carbocycles. The van der Waals surface area contributed by atoms with Gasteiger partial charge in [-0.05, 0) is 43.2 Å². The molecule has 1 aromatic rings. The maximum Gasteiger partial charge on any atom is 0.320 e. The fraction of sp³-hybridized carbons (Fsp3) is 0.591. The van der Waals surface area contributed by atoms with E-state index in [1.165, 1.54) is 12.0 Å². The molecule has 1 saturated carbocycles. The number of hydrogen-bond donors (Lipinski definition) is 4. The van der Waals surface area contributed by atoms with E-state index in [9.17, 15) is 14.4 Å². The monoisotopic (exact) mass is 468 g/mol. The number of amides is 4. The van der Waals surface area contributed by atoms with Crippen LogP contribution in [0.3, 0.4) is 0 Å². The Morgan fingerprint density at radius 2 is 1.91 bits per heavy atom. The second kappa shape index (κ2) is 11.9. The molecule has 1 fully saturated rings. The van der Waals surface area contributed by atoms with Crippen LogP contribution in [0.25, 0.3) is 0 Å². The Morgan fingerprint density at radius 1 is 1.25 bits per heavy atom. The third-order valence-electron chi connectivity index (χ3n) is 5.67. The molecule has 0 spiro atoms. The summed E-state index contributed by atoms with van der Waals surface area (Å²) in [6.45, 7) is 5.56. The number of halogens is 1. The average Bonchev–Trinajstić information content (AvgIpc) is 3.26. The van der Waals surface area contributed by atoms with E-state index in [-0.39, 0.29) is 18.4 Å². The van der Waals surface area contributed by atoms with E-state index in [2.05, 4.69) is 10.6 Å². The zero-order valence-electron chi connectivity index (χ0n) is 19.0. The first-order valence-electron chi connectivity index (χ1n) is 10.8. The van der Waals surface area contributed by atoms with Gasteiger partial charge in [0.05, 0.1) is 12.8 Å². The second-order valence-electron chi connectivity index (χ2n) is 8.53. The molecular formula is C22H33ClN4O5. The van der Waals surface area contributed by atoms with Crippen LogP contribution in [0.5, 0.6) is 5.75 Å². The van der Waals surface area contributed by atoms with Crippen LogP contribution < -0.4 is 20.9 Å². The maximum atomic E-state index is 13.3. The van der Waals surface area contributed by atoms with E-state index in [0.29, 0.717) is 28.9 Å². The first-order chi connectivity index (χ1) is 15.2. The number of methoxy groups -OCH3 is 1. The Bertz CT molecular complexity index is 827. The van der Waals surface area contributed by atoms with Gasteiger partial charge in [-0.3, -0.25) is 14.8 Å². The van der Waals surface area contributed by atoms with Gasteiger partial charge in [0, 0.05) is 17.6 Å². The molecule has 4 N–H and O–H groups in total. The van der Waals surface area contributed by atoms with Crippen molar-refractivity contribution in [2.75, 3.05) is 25.5 Å². The number of urea groups is 1. The molecular weight excluding hydrogens is 436 g/mol. The van der Waals surface area contributed by atoms with Crippen LogP contribution in [-0.4, -0.2) is 54.2 Å². The van der Waals surface area contributed by atoms with Gasteiger partial charge < -0.3 is 20.3 Å². The number of ether oxygens (including phenoxy) is 1. The third-order valence-corrected chi connectivity index (χ3v) is 6.08. The van der Waals surface area contributed by atoms with Crippen molar-refractivity contribution >= 4 is 35.1 Å². The lowest BCUT2D eigenvalue weighted by Gasteiger charge is -2.31. The highest BCUT2D eigenvalue weighted by molar-refractivity contribution is 6.31. The molecule has 0 aliphatic heterocycles. The molecule has 0 radical (unpaired) electrons. The van der Waals surface area contributed by atoms with Crippen molar-refractivity contribution in [3.8, 4) is 5.75 Å². The topological polar surface area (TPSA) is 120 Å². The first kappa shape index (κ1) is 25.7. The molecule has 1 unspecified atom stereocenters. The Morgan fingerprint density at radius 3 is 2.47 bits per heavy atom. The average molecular weight is 469 g/mol. The lowest BCUT2D eigenvalue weighted by molar-refractivity contribution is -0.141. The maximum absolute atomic E-state index is 13.3. The number of hydroxylamine groups is 1. The van der Waals surface area contributed by atoms with E-state index in [4.69, 9.17) is 21.5 Å². The number of rotatable bonds is 9. The van der Waals surface area contributed by atoms with Gasteiger partial charge in [-0.25, -0.2) is 10.3 Å². The molecule has 9 nitrogen and oxygen atoms in total. The van der Waals surface area contributed by atoms with Crippen molar-refractivity contribution in [3.05, 3.63) is 22.7 Å². The number of nitrogens with one attached hydrogen (secondary N) is 3. The summed E-state index contributed by atoms with van der Waals surface area (Å²) in [5, 5.41) is 14.9. The lowest BCUT2D eigenvalue weighted by Crippen LogP contribution is -2.54. The summed E-state index contributed by atoms with van der Waals surface area (Å²) in [6.07, 6.45) is 4.16. The summed E-state index contributed by atoms with van der Waals surface area (Å²) in [6, 6.07) is 1.85. The SMILES string of the molecule is COc1cc(Cl)c(C)cc1NC(=O)NC(C(=O)N(CC(=O)NO)CC1CCCC1)C(C)C. The highest BCUT2D eigenvalue weighted by atomic mass is 35.5. The lowest BCUT2D eigenvalue weighted by atomic mass is 10.0. The van der Waals surface area contributed by atoms with Crippen molar-refractivity contribution in [3.63, 3.8) is 0 Å². The molecule has 4 amide bonds. The third kappa shape index (κ3) is 7.00. The van der Waals surface area contributed by atoms with E-state index in [1.54, 1.807) is 24.5 Å². The van der Waals surface area contributed by atoms with E-state index in [1.807, 2.05) is 13.8 Å². The standard InChI is InChI=1S/C22H33ClN4O5/c1-13(2)20(21(29)27(12-19(28)26-31)11-15-7-5-6-8-15)25-22(30)24-17-9-14(3)16(23)10-18(17)32-4/h9-10,13,15,20,31H,5-8,11-12H2,1-4H3,(H,26,28)(H2,24,25,30). The Labute approximate surface area is 193 Å². The molecule has 178 valence electrons. The van der Waals surface area contributed by atoms with Gasteiger partial charge in [0.15, 0.2) is 0 Å². The smallest absolute Gasteiger partial charge is 0.320 e. The summed E-state index contributed by atoms with van der Waals surface area (Å²) in [7, 11) is 1.47. The minimum Gasteiger partial charge on any atom is -0.495 e. The predicted molar refractivity (Wildman–Crippen MR) is 122 cm³/mol. The molecule has 32 heavy (non-hydrogen) atoms. The summed E-state index contributed by atoms with van der Waals surface area (Å²) >= 11 is 6.12. The van der Waals surface area contributed by atoms with Crippen molar-refractivity contribution in [2.24, 2.45) is 11.8 Å². The number of carbonyl (C=O) groups excluding carboxylic acids is 3. The fourth-order valence-electron chi connectivity index (χ4n) is 3.89. The Balaban J connectivity index is 2.15. The molecule has 0 bridgehead atoms.